The van der Waals surface area contributed by atoms with Crippen LogP contribution in [0.5, 0.6) is 0 Å². The quantitative estimate of drug-likeness (QED) is 0.760. The van der Waals surface area contributed by atoms with E-state index in [1.54, 1.807) is 0 Å². The summed E-state index contributed by atoms with van der Waals surface area (Å²) in [5, 5.41) is 0. The van der Waals surface area contributed by atoms with Gasteiger partial charge < -0.3 is 4.74 Å². The predicted octanol–water partition coefficient (Wildman–Crippen LogP) is 3.36. The number of fused-ring (bicyclic) bond motifs is 2. The Morgan fingerprint density at radius 3 is 3.00 bits per heavy atom. The van der Waals surface area contributed by atoms with Crippen LogP contribution in [0.3, 0.4) is 0 Å². The number of esters is 1. The standard InChI is InChI=1S/C16H18O2/c1-2-3-7-14-13-8-5-4-6-11(13)9-12-10-18-16(17)15(12)14/h4-6,8,12H,2-3,7,9-10H2,1H3. The Labute approximate surface area is 108 Å². The first-order chi connectivity index (χ1) is 8.81. The van der Waals surface area contributed by atoms with Gasteiger partial charge in [-0.15, -0.1) is 0 Å². The summed E-state index contributed by atoms with van der Waals surface area (Å²) in [5.74, 6) is 0.208. The molecule has 0 bridgehead atoms. The number of cyclic esters (lactones) is 1. The van der Waals surface area contributed by atoms with Crippen molar-refractivity contribution in [3.8, 4) is 0 Å². The number of benzene rings is 1. The SMILES string of the molecule is CCCCC1=C2C(=O)OCC2Cc2ccccc21. The highest BCUT2D eigenvalue weighted by molar-refractivity contribution is 6.01. The van der Waals surface area contributed by atoms with E-state index < -0.39 is 0 Å². The summed E-state index contributed by atoms with van der Waals surface area (Å²) in [6.07, 6.45) is 4.23. The molecule has 0 saturated carbocycles. The highest BCUT2D eigenvalue weighted by atomic mass is 16.5. The van der Waals surface area contributed by atoms with Crippen molar-refractivity contribution in [3.63, 3.8) is 0 Å². The molecule has 18 heavy (non-hydrogen) atoms. The zero-order valence-electron chi connectivity index (χ0n) is 10.7. The molecule has 1 fully saturated rings. The van der Waals surface area contributed by atoms with Crippen molar-refractivity contribution >= 4 is 11.5 Å². The summed E-state index contributed by atoms with van der Waals surface area (Å²) in [5.41, 5.74) is 4.85. The van der Waals surface area contributed by atoms with Gasteiger partial charge in [-0.1, -0.05) is 37.6 Å². The van der Waals surface area contributed by atoms with Crippen LogP contribution in [0, 0.1) is 5.92 Å². The fourth-order valence-corrected chi connectivity index (χ4v) is 3.06. The zero-order valence-corrected chi connectivity index (χ0v) is 10.7. The molecule has 3 rings (SSSR count). The number of carbonyl (C=O) groups excluding carboxylic acids is 1. The van der Waals surface area contributed by atoms with E-state index in [4.69, 9.17) is 4.74 Å². The summed E-state index contributed by atoms with van der Waals surface area (Å²) in [6.45, 7) is 2.75. The molecular formula is C16H18O2. The summed E-state index contributed by atoms with van der Waals surface area (Å²) >= 11 is 0. The Balaban J connectivity index is 2.09. The first kappa shape index (κ1) is 11.5. The largest absolute Gasteiger partial charge is 0.462 e. The van der Waals surface area contributed by atoms with Gasteiger partial charge in [0.25, 0.3) is 0 Å². The molecule has 94 valence electrons. The van der Waals surface area contributed by atoms with Crippen molar-refractivity contribution in [3.05, 3.63) is 41.0 Å². The second kappa shape index (κ2) is 4.60. The van der Waals surface area contributed by atoms with Crippen LogP contribution in [-0.2, 0) is 16.0 Å². The van der Waals surface area contributed by atoms with Crippen molar-refractivity contribution in [2.24, 2.45) is 5.92 Å². The lowest BCUT2D eigenvalue weighted by molar-refractivity contribution is -0.135. The molecular weight excluding hydrogens is 224 g/mol. The summed E-state index contributed by atoms with van der Waals surface area (Å²) in [7, 11) is 0. The van der Waals surface area contributed by atoms with Gasteiger partial charge in [0.05, 0.1) is 6.61 Å². The van der Waals surface area contributed by atoms with Crippen LogP contribution in [-0.4, -0.2) is 12.6 Å². The minimum absolute atomic E-state index is 0.0828. The lowest BCUT2D eigenvalue weighted by Gasteiger charge is -2.23. The summed E-state index contributed by atoms with van der Waals surface area (Å²) < 4.78 is 5.24. The van der Waals surface area contributed by atoms with Crippen molar-refractivity contribution in [1.29, 1.82) is 0 Å². The van der Waals surface area contributed by atoms with Crippen LogP contribution in [0.25, 0.3) is 5.57 Å². The molecule has 1 aromatic rings. The number of hydrogen-bond donors (Lipinski definition) is 0. The Kier molecular flexibility index (Phi) is 2.94. The molecule has 1 heterocycles. The minimum atomic E-state index is -0.0828. The van der Waals surface area contributed by atoms with E-state index in [1.165, 1.54) is 16.7 Å². The number of hydrogen-bond acceptors (Lipinski definition) is 2. The molecule has 1 saturated heterocycles. The molecule has 0 aromatic heterocycles. The van der Waals surface area contributed by atoms with Crippen LogP contribution in [0.4, 0.5) is 0 Å². The van der Waals surface area contributed by atoms with Gasteiger partial charge in [-0.3, -0.25) is 0 Å². The molecule has 1 aromatic carbocycles. The maximum absolute atomic E-state index is 11.9. The van der Waals surface area contributed by atoms with Crippen molar-refractivity contribution < 1.29 is 9.53 Å². The van der Waals surface area contributed by atoms with E-state index >= 15 is 0 Å². The topological polar surface area (TPSA) is 26.3 Å². The van der Waals surface area contributed by atoms with Gasteiger partial charge in [-0.2, -0.15) is 0 Å². The molecule has 1 unspecified atom stereocenters. The van der Waals surface area contributed by atoms with E-state index in [0.717, 1.165) is 31.3 Å². The van der Waals surface area contributed by atoms with E-state index in [1.807, 2.05) is 0 Å². The summed E-state index contributed by atoms with van der Waals surface area (Å²) in [6, 6.07) is 8.47. The third kappa shape index (κ3) is 1.76. The third-order valence-corrected chi connectivity index (χ3v) is 3.96. The first-order valence-electron chi connectivity index (χ1n) is 6.79. The van der Waals surface area contributed by atoms with Crippen molar-refractivity contribution in [2.75, 3.05) is 6.61 Å². The fraction of sp³-hybridized carbons (Fsp3) is 0.438. The molecule has 0 radical (unpaired) electrons. The molecule has 2 aliphatic rings. The van der Waals surface area contributed by atoms with E-state index in [-0.39, 0.29) is 5.97 Å². The van der Waals surface area contributed by atoms with Crippen LogP contribution in [0.1, 0.15) is 37.3 Å². The van der Waals surface area contributed by atoms with Crippen LogP contribution in [0.2, 0.25) is 0 Å². The van der Waals surface area contributed by atoms with E-state index in [9.17, 15) is 4.79 Å². The second-order valence-electron chi connectivity index (χ2n) is 5.15. The molecule has 2 heteroatoms. The summed E-state index contributed by atoms with van der Waals surface area (Å²) in [4.78, 5) is 11.9. The Bertz CT molecular complexity index is 514. The average molecular weight is 242 g/mol. The smallest absolute Gasteiger partial charge is 0.334 e. The maximum Gasteiger partial charge on any atom is 0.334 e. The molecule has 0 N–H and O–H groups in total. The van der Waals surface area contributed by atoms with Gasteiger partial charge >= 0.3 is 5.97 Å². The Morgan fingerprint density at radius 1 is 1.33 bits per heavy atom. The molecule has 0 spiro atoms. The number of carbonyl (C=O) groups is 1. The molecule has 0 amide bonds. The molecule has 1 atom stereocenters. The molecule has 1 aliphatic carbocycles. The number of rotatable bonds is 3. The minimum Gasteiger partial charge on any atom is -0.462 e. The fourth-order valence-electron chi connectivity index (χ4n) is 3.06. The van der Waals surface area contributed by atoms with Crippen molar-refractivity contribution in [2.45, 2.75) is 32.6 Å². The third-order valence-electron chi connectivity index (χ3n) is 3.96. The highest BCUT2D eigenvalue weighted by Crippen LogP contribution is 2.40. The zero-order chi connectivity index (χ0) is 12.5. The van der Waals surface area contributed by atoms with E-state index in [2.05, 4.69) is 31.2 Å². The van der Waals surface area contributed by atoms with Gasteiger partial charge in [0, 0.05) is 11.5 Å². The van der Waals surface area contributed by atoms with Gasteiger partial charge in [-0.05, 0) is 36.0 Å². The van der Waals surface area contributed by atoms with Gasteiger partial charge in [0.1, 0.15) is 0 Å². The number of unbranched alkanes of at least 4 members (excludes halogenated alkanes) is 1. The maximum atomic E-state index is 11.9. The van der Waals surface area contributed by atoms with Gasteiger partial charge in [0.2, 0.25) is 0 Å². The van der Waals surface area contributed by atoms with Crippen LogP contribution >= 0.6 is 0 Å². The molecule has 2 nitrogen and oxygen atoms in total. The molecule has 1 aliphatic heterocycles. The van der Waals surface area contributed by atoms with Gasteiger partial charge in [0.15, 0.2) is 0 Å². The Hall–Kier alpha value is -1.57. The lowest BCUT2D eigenvalue weighted by Crippen LogP contribution is -2.16. The van der Waals surface area contributed by atoms with Crippen molar-refractivity contribution in [1.82, 2.24) is 0 Å². The van der Waals surface area contributed by atoms with Crippen LogP contribution < -0.4 is 0 Å². The Morgan fingerprint density at radius 2 is 2.17 bits per heavy atom. The normalized spacial score (nSPS) is 21.6. The van der Waals surface area contributed by atoms with Gasteiger partial charge in [-0.25, -0.2) is 4.79 Å². The average Bonchev–Trinajstić information content (AvgIpc) is 2.76. The number of ether oxygens (including phenoxy) is 1. The second-order valence-corrected chi connectivity index (χ2v) is 5.15. The predicted molar refractivity (Wildman–Crippen MR) is 71.0 cm³/mol. The number of allylic oxidation sites excluding steroid dienone is 1. The first-order valence-corrected chi connectivity index (χ1v) is 6.79. The van der Waals surface area contributed by atoms with E-state index in [0.29, 0.717) is 12.5 Å². The highest BCUT2D eigenvalue weighted by Gasteiger charge is 2.37. The van der Waals surface area contributed by atoms with Crippen LogP contribution in [0.15, 0.2) is 29.8 Å². The lowest BCUT2D eigenvalue weighted by atomic mass is 9.78. The monoisotopic (exact) mass is 242 g/mol.